The normalized spacial score (nSPS) is 8.93. The van der Waals surface area contributed by atoms with Gasteiger partial charge in [-0.15, -0.1) is 0 Å². The minimum Gasteiger partial charge on any atom is -0.507 e. The Hall–Kier alpha value is 0.124. The quantitative estimate of drug-likeness (QED) is 0.715. The van der Waals surface area contributed by atoms with E-state index in [2.05, 4.69) is 20.8 Å². The van der Waals surface area contributed by atoms with E-state index in [0.717, 1.165) is 11.1 Å². The van der Waals surface area contributed by atoms with Crippen LogP contribution in [0.2, 0.25) is 0 Å². The van der Waals surface area contributed by atoms with Gasteiger partial charge < -0.3 is 12.5 Å². The van der Waals surface area contributed by atoms with Crippen molar-refractivity contribution in [2.24, 2.45) is 0 Å². The summed E-state index contributed by atoms with van der Waals surface area (Å²) >= 11 is 0. The van der Waals surface area contributed by atoms with Crippen LogP contribution in [0.1, 0.15) is 27.8 Å². The van der Waals surface area contributed by atoms with Crippen LogP contribution in [-0.4, -0.2) is 5.11 Å². The molecule has 0 spiro atoms. The summed E-state index contributed by atoms with van der Waals surface area (Å²) in [5.74, 6) is 0.454. The van der Waals surface area contributed by atoms with Crippen molar-refractivity contribution < 1.29 is 37.8 Å². The second-order valence-corrected chi connectivity index (χ2v) is 3.47. The molecule has 0 amide bonds. The molecule has 0 fully saturated rings. The molecule has 0 unspecified atom stereocenters. The van der Waals surface area contributed by atoms with Crippen LogP contribution in [0.3, 0.4) is 0 Å². The molecule has 0 bridgehead atoms. The third-order valence-electron chi connectivity index (χ3n) is 2.96. The Bertz CT molecular complexity index is 225. The molecule has 0 aliphatic carbocycles. The second-order valence-electron chi connectivity index (χ2n) is 3.47. The number of hydrogen-bond donors (Lipinski definition) is 1. The summed E-state index contributed by atoms with van der Waals surface area (Å²) in [6.45, 7) is 10.1. The molecule has 0 saturated carbocycles. The summed E-state index contributed by atoms with van der Waals surface area (Å²) in [6, 6.07) is 0. The summed E-state index contributed by atoms with van der Waals surface area (Å²) in [6.07, 6.45) is 0. The molecule has 77 valence electrons. The van der Waals surface area contributed by atoms with E-state index in [-0.39, 0.29) is 40.1 Å². The molecule has 0 saturated heterocycles. The van der Waals surface area contributed by atoms with E-state index in [1.165, 1.54) is 16.7 Å². The monoisotopic (exact) mass is 268 g/mol. The van der Waals surface area contributed by atoms with Crippen LogP contribution in [0.4, 0.5) is 0 Å². The van der Waals surface area contributed by atoms with Crippen LogP contribution in [0.25, 0.3) is 0 Å². The van der Waals surface area contributed by atoms with E-state index < -0.39 is 0 Å². The summed E-state index contributed by atoms with van der Waals surface area (Å²) in [5, 5.41) is 9.69. The fourth-order valence-corrected chi connectivity index (χ4v) is 1.48. The first-order chi connectivity index (χ1) is 5.46. The summed E-state index contributed by atoms with van der Waals surface area (Å²) < 4.78 is 0. The molecule has 0 aromatic heterocycles. The molecule has 1 aromatic carbocycles. The van der Waals surface area contributed by atoms with Crippen LogP contribution in [0, 0.1) is 42.0 Å². The van der Waals surface area contributed by atoms with Crippen molar-refractivity contribution in [3.63, 3.8) is 0 Å². The van der Waals surface area contributed by atoms with Crippen molar-refractivity contribution in [1.29, 1.82) is 0 Å². The van der Waals surface area contributed by atoms with Crippen molar-refractivity contribution in [2.75, 3.05) is 0 Å². The molecule has 0 aliphatic rings. The number of rotatable bonds is 0. The molecule has 1 aromatic rings. The van der Waals surface area contributed by atoms with Crippen LogP contribution < -0.4 is 0 Å². The van der Waals surface area contributed by atoms with Gasteiger partial charge in [0, 0.05) is 32.7 Å². The Kier molecular flexibility index (Phi) is 6.94. The maximum absolute atomic E-state index is 9.69. The van der Waals surface area contributed by atoms with Gasteiger partial charge in [0.15, 0.2) is 0 Å². The standard InChI is InChI=1S/C11H16O.CH3.Y/c1-6-7(2)9(4)11(12)10(5)8(6)3;;/h12H,1-5H3;1H3;/q;-1;. The molecule has 1 rings (SSSR count). The molecule has 2 heteroatoms. The average molecular weight is 268 g/mol. The Labute approximate surface area is 113 Å². The van der Waals surface area contributed by atoms with Gasteiger partial charge in [-0.25, -0.2) is 0 Å². The van der Waals surface area contributed by atoms with Gasteiger partial charge in [0.25, 0.3) is 0 Å². The van der Waals surface area contributed by atoms with E-state index in [4.69, 9.17) is 0 Å². The summed E-state index contributed by atoms with van der Waals surface area (Å²) in [7, 11) is 0. The molecule has 1 radical (unpaired) electrons. The zero-order valence-electron chi connectivity index (χ0n) is 10.0. The molecule has 1 nitrogen and oxygen atoms in total. The van der Waals surface area contributed by atoms with E-state index in [0.29, 0.717) is 5.75 Å². The zero-order valence-corrected chi connectivity index (χ0v) is 12.9. The Balaban J connectivity index is 0. The van der Waals surface area contributed by atoms with Crippen molar-refractivity contribution in [2.45, 2.75) is 34.6 Å². The number of phenols is 1. The van der Waals surface area contributed by atoms with Crippen molar-refractivity contribution >= 4 is 0 Å². The largest absolute Gasteiger partial charge is 0.507 e. The third-order valence-corrected chi connectivity index (χ3v) is 2.96. The smallest absolute Gasteiger partial charge is 0.121 e. The zero-order chi connectivity index (χ0) is 9.46. The number of benzene rings is 1. The molecule has 0 atom stereocenters. The maximum Gasteiger partial charge on any atom is 0.121 e. The maximum atomic E-state index is 9.69. The van der Waals surface area contributed by atoms with Gasteiger partial charge in [-0.2, -0.15) is 0 Å². The summed E-state index contributed by atoms with van der Waals surface area (Å²) in [5.41, 5.74) is 5.72. The molecule has 0 heterocycles. The van der Waals surface area contributed by atoms with Gasteiger partial charge in [-0.3, -0.25) is 0 Å². The van der Waals surface area contributed by atoms with Gasteiger partial charge in [0.2, 0.25) is 0 Å². The van der Waals surface area contributed by atoms with E-state index in [1.807, 2.05) is 13.8 Å². The Morgan fingerprint density at radius 1 is 0.643 bits per heavy atom. The first-order valence-corrected chi connectivity index (χ1v) is 4.22. The van der Waals surface area contributed by atoms with Crippen LogP contribution in [0.15, 0.2) is 0 Å². The topological polar surface area (TPSA) is 20.2 Å². The van der Waals surface area contributed by atoms with Crippen molar-refractivity contribution in [3.05, 3.63) is 35.2 Å². The Morgan fingerprint density at radius 3 is 1.14 bits per heavy atom. The summed E-state index contributed by atoms with van der Waals surface area (Å²) in [4.78, 5) is 0. The van der Waals surface area contributed by atoms with Crippen LogP contribution >= 0.6 is 0 Å². The van der Waals surface area contributed by atoms with E-state index >= 15 is 0 Å². The fraction of sp³-hybridized carbons (Fsp3) is 0.417. The predicted octanol–water partition coefficient (Wildman–Crippen LogP) is 3.38. The minimum atomic E-state index is 0. The first-order valence-electron chi connectivity index (χ1n) is 4.22. The van der Waals surface area contributed by atoms with Crippen molar-refractivity contribution in [3.8, 4) is 5.75 Å². The third kappa shape index (κ3) is 2.58. The van der Waals surface area contributed by atoms with Gasteiger partial charge in [0.05, 0.1) is 0 Å². The second kappa shape index (κ2) is 5.87. The first kappa shape index (κ1) is 16.5. The fourth-order valence-electron chi connectivity index (χ4n) is 1.48. The van der Waals surface area contributed by atoms with Gasteiger partial charge in [-0.05, 0) is 62.4 Å². The molecule has 14 heavy (non-hydrogen) atoms. The number of phenolic OH excluding ortho intramolecular Hbond substituents is 1. The van der Waals surface area contributed by atoms with Gasteiger partial charge >= 0.3 is 0 Å². The number of aromatic hydroxyl groups is 1. The van der Waals surface area contributed by atoms with Gasteiger partial charge in [-0.1, -0.05) is 0 Å². The average Bonchev–Trinajstić information content (AvgIpc) is 2.08. The molecular weight excluding hydrogens is 249 g/mol. The minimum absolute atomic E-state index is 0. The van der Waals surface area contributed by atoms with Crippen LogP contribution in [0.5, 0.6) is 5.75 Å². The molecular formula is C12H19OY-. The predicted molar refractivity (Wildman–Crippen MR) is 58.2 cm³/mol. The number of hydrogen-bond acceptors (Lipinski definition) is 1. The van der Waals surface area contributed by atoms with Crippen LogP contribution in [-0.2, 0) is 32.7 Å². The SMILES string of the molecule is Cc1c(C)c(C)c(O)c(C)c1C.[CH3-].[Y]. The Morgan fingerprint density at radius 2 is 0.857 bits per heavy atom. The molecule has 0 aliphatic heterocycles. The van der Waals surface area contributed by atoms with Crippen molar-refractivity contribution in [1.82, 2.24) is 0 Å². The van der Waals surface area contributed by atoms with E-state index in [1.54, 1.807) is 0 Å². The van der Waals surface area contributed by atoms with E-state index in [9.17, 15) is 5.11 Å². The van der Waals surface area contributed by atoms with Gasteiger partial charge in [0.1, 0.15) is 5.75 Å². The molecule has 1 N–H and O–H groups in total.